The first kappa shape index (κ1) is 10.0. The summed E-state index contributed by atoms with van der Waals surface area (Å²) in [6, 6.07) is 0. The summed E-state index contributed by atoms with van der Waals surface area (Å²) < 4.78 is 36.6. The van der Waals surface area contributed by atoms with E-state index in [1.807, 2.05) is 6.08 Å². The number of nitrogens with zero attached hydrogens (tertiary/aromatic N) is 1. The van der Waals surface area contributed by atoms with E-state index in [1.54, 1.807) is 6.92 Å². The predicted molar refractivity (Wildman–Crippen MR) is 45.6 cm³/mol. The molecule has 0 unspecified atom stereocenters. The van der Waals surface area contributed by atoms with Gasteiger partial charge in [-0.1, -0.05) is 12.2 Å². The van der Waals surface area contributed by atoms with Gasteiger partial charge in [0.25, 0.3) is 0 Å². The van der Waals surface area contributed by atoms with Gasteiger partial charge in [-0.05, 0) is 19.8 Å². The lowest BCUT2D eigenvalue weighted by molar-refractivity contribution is -0.0858. The van der Waals surface area contributed by atoms with E-state index >= 15 is 0 Å². The highest BCUT2D eigenvalue weighted by Crippen LogP contribution is 2.25. The van der Waals surface area contributed by atoms with Crippen LogP contribution >= 0.6 is 0 Å². The van der Waals surface area contributed by atoms with Crippen LogP contribution in [-0.4, -0.2) is 12.4 Å². The second kappa shape index (κ2) is 3.77. The SMILES string of the molecule is CC1=C\CC\C=C(C(F)(F)F)/C=N/1. The lowest BCUT2D eigenvalue weighted by Gasteiger charge is -2.08. The van der Waals surface area contributed by atoms with Gasteiger partial charge in [0.1, 0.15) is 0 Å². The Hall–Kier alpha value is -1.06. The lowest BCUT2D eigenvalue weighted by atomic mass is 10.1. The van der Waals surface area contributed by atoms with Gasteiger partial charge in [0.15, 0.2) is 0 Å². The molecular formula is C9H10F3N. The summed E-state index contributed by atoms with van der Waals surface area (Å²) in [5.41, 5.74) is -0.0187. The quantitative estimate of drug-likeness (QED) is 0.554. The average molecular weight is 189 g/mol. The largest absolute Gasteiger partial charge is 0.417 e. The lowest BCUT2D eigenvalue weighted by Crippen LogP contribution is -2.13. The van der Waals surface area contributed by atoms with Crippen LogP contribution in [0.2, 0.25) is 0 Å². The highest BCUT2D eigenvalue weighted by atomic mass is 19.4. The number of hydrogen-bond donors (Lipinski definition) is 0. The van der Waals surface area contributed by atoms with Gasteiger partial charge < -0.3 is 0 Å². The van der Waals surface area contributed by atoms with E-state index in [4.69, 9.17) is 0 Å². The maximum Gasteiger partial charge on any atom is 0.417 e. The average Bonchev–Trinajstić information content (AvgIpc) is 1.94. The van der Waals surface area contributed by atoms with Crippen LogP contribution in [0.15, 0.2) is 28.4 Å². The molecule has 0 radical (unpaired) electrons. The van der Waals surface area contributed by atoms with Gasteiger partial charge in [0, 0.05) is 11.9 Å². The number of rotatable bonds is 0. The molecule has 1 rings (SSSR count). The Kier molecular flexibility index (Phi) is 2.90. The molecule has 1 aliphatic heterocycles. The van der Waals surface area contributed by atoms with Crippen LogP contribution in [0.25, 0.3) is 0 Å². The molecule has 0 spiro atoms. The van der Waals surface area contributed by atoms with Gasteiger partial charge >= 0.3 is 6.18 Å². The van der Waals surface area contributed by atoms with E-state index in [0.29, 0.717) is 18.5 Å². The molecule has 0 aliphatic carbocycles. The Morgan fingerprint density at radius 1 is 1.23 bits per heavy atom. The molecule has 0 N–H and O–H groups in total. The van der Waals surface area contributed by atoms with Gasteiger partial charge in [-0.15, -0.1) is 0 Å². The molecule has 4 heteroatoms. The number of allylic oxidation sites excluding steroid dienone is 4. The third-order valence-electron chi connectivity index (χ3n) is 1.71. The van der Waals surface area contributed by atoms with E-state index in [1.165, 1.54) is 6.08 Å². The third-order valence-corrected chi connectivity index (χ3v) is 1.71. The maximum absolute atomic E-state index is 12.2. The van der Waals surface area contributed by atoms with Crippen LogP contribution in [0.1, 0.15) is 19.8 Å². The highest BCUT2D eigenvalue weighted by molar-refractivity contribution is 5.81. The Labute approximate surface area is 74.7 Å². The van der Waals surface area contributed by atoms with Crippen LogP contribution in [0.5, 0.6) is 0 Å². The van der Waals surface area contributed by atoms with E-state index in [0.717, 1.165) is 6.21 Å². The summed E-state index contributed by atoms with van der Waals surface area (Å²) in [5.74, 6) is 0. The molecule has 0 aromatic heterocycles. The van der Waals surface area contributed by atoms with Crippen LogP contribution in [-0.2, 0) is 0 Å². The fraction of sp³-hybridized carbons (Fsp3) is 0.444. The van der Waals surface area contributed by atoms with Crippen molar-refractivity contribution < 1.29 is 13.2 Å². The van der Waals surface area contributed by atoms with Crippen molar-refractivity contribution >= 4 is 6.21 Å². The summed E-state index contributed by atoms with van der Waals surface area (Å²) in [7, 11) is 0. The fourth-order valence-electron chi connectivity index (χ4n) is 0.997. The molecule has 1 heterocycles. The first-order valence-electron chi connectivity index (χ1n) is 3.98. The van der Waals surface area contributed by atoms with Crippen LogP contribution in [0.3, 0.4) is 0 Å². The molecule has 0 aromatic carbocycles. The summed E-state index contributed by atoms with van der Waals surface area (Å²) in [6.45, 7) is 1.69. The molecule has 0 fully saturated rings. The Morgan fingerprint density at radius 3 is 2.46 bits per heavy atom. The normalized spacial score (nSPS) is 29.2. The van der Waals surface area contributed by atoms with Crippen molar-refractivity contribution in [2.45, 2.75) is 25.9 Å². The molecule has 72 valence electrons. The van der Waals surface area contributed by atoms with Crippen molar-refractivity contribution in [1.29, 1.82) is 0 Å². The second-order valence-electron chi connectivity index (χ2n) is 2.84. The number of halogens is 3. The molecule has 0 amide bonds. The number of hydrogen-bond acceptors (Lipinski definition) is 1. The second-order valence-corrected chi connectivity index (χ2v) is 2.84. The minimum Gasteiger partial charge on any atom is -0.261 e. The van der Waals surface area contributed by atoms with Gasteiger partial charge in [0.05, 0.1) is 5.57 Å². The highest BCUT2D eigenvalue weighted by Gasteiger charge is 2.32. The van der Waals surface area contributed by atoms with Crippen molar-refractivity contribution in [2.24, 2.45) is 4.99 Å². The zero-order chi connectivity index (χ0) is 9.90. The Morgan fingerprint density at radius 2 is 1.85 bits per heavy atom. The monoisotopic (exact) mass is 189 g/mol. The zero-order valence-electron chi connectivity index (χ0n) is 7.23. The first-order valence-corrected chi connectivity index (χ1v) is 3.98. The van der Waals surface area contributed by atoms with E-state index in [-0.39, 0.29) is 0 Å². The third kappa shape index (κ3) is 3.05. The topological polar surface area (TPSA) is 12.4 Å². The molecule has 1 nitrogen and oxygen atoms in total. The predicted octanol–water partition coefficient (Wildman–Crippen LogP) is 3.24. The molecule has 1 aliphatic rings. The van der Waals surface area contributed by atoms with Crippen molar-refractivity contribution in [3.63, 3.8) is 0 Å². The molecule has 0 atom stereocenters. The van der Waals surface area contributed by atoms with Gasteiger partial charge in [-0.25, -0.2) is 0 Å². The summed E-state index contributed by atoms with van der Waals surface area (Å²) in [4.78, 5) is 3.68. The summed E-state index contributed by atoms with van der Waals surface area (Å²) in [5, 5.41) is 0. The van der Waals surface area contributed by atoms with Crippen molar-refractivity contribution in [2.75, 3.05) is 0 Å². The van der Waals surface area contributed by atoms with E-state index < -0.39 is 11.7 Å². The molecule has 0 aromatic rings. The standard InChI is InChI=1S/C9H10F3N/c1-7-4-2-3-5-8(6-13-7)9(10,11)12/h4-6H,2-3H2,1H3/b7-4-,8-5+,13-6+. The van der Waals surface area contributed by atoms with E-state index in [2.05, 4.69) is 4.99 Å². The molecule has 0 bridgehead atoms. The number of alkyl halides is 3. The Bertz CT molecular complexity index is 271. The van der Waals surface area contributed by atoms with Gasteiger partial charge in [-0.3, -0.25) is 4.99 Å². The smallest absolute Gasteiger partial charge is 0.261 e. The number of aliphatic imine (C=N–C) groups is 1. The van der Waals surface area contributed by atoms with Crippen LogP contribution in [0.4, 0.5) is 13.2 Å². The molecule has 13 heavy (non-hydrogen) atoms. The zero-order valence-corrected chi connectivity index (χ0v) is 7.23. The fourth-order valence-corrected chi connectivity index (χ4v) is 0.997. The summed E-state index contributed by atoms with van der Waals surface area (Å²) >= 11 is 0. The van der Waals surface area contributed by atoms with Crippen molar-refractivity contribution in [1.82, 2.24) is 0 Å². The van der Waals surface area contributed by atoms with Crippen LogP contribution in [0, 0.1) is 0 Å². The van der Waals surface area contributed by atoms with Crippen molar-refractivity contribution in [3.05, 3.63) is 23.4 Å². The first-order chi connectivity index (χ1) is 6.00. The molecule has 0 saturated carbocycles. The van der Waals surface area contributed by atoms with Gasteiger partial charge in [-0.2, -0.15) is 13.2 Å². The minimum atomic E-state index is -4.28. The van der Waals surface area contributed by atoms with Crippen LogP contribution < -0.4 is 0 Å². The molecule has 0 saturated heterocycles. The Balaban J connectivity index is 2.88. The molecular weight excluding hydrogens is 179 g/mol. The minimum absolute atomic E-state index is 0.415. The van der Waals surface area contributed by atoms with Gasteiger partial charge in [0.2, 0.25) is 0 Å². The van der Waals surface area contributed by atoms with Crippen molar-refractivity contribution in [3.8, 4) is 0 Å². The summed E-state index contributed by atoms with van der Waals surface area (Å²) in [6.07, 6.45) is 0.625. The maximum atomic E-state index is 12.2. The van der Waals surface area contributed by atoms with E-state index in [9.17, 15) is 13.2 Å².